The zero-order valence-corrected chi connectivity index (χ0v) is 19.4. The van der Waals surface area contributed by atoms with Crippen LogP contribution in [0.2, 0.25) is 0 Å². The van der Waals surface area contributed by atoms with Crippen LogP contribution in [0.5, 0.6) is 5.75 Å². The highest BCUT2D eigenvalue weighted by Gasteiger charge is 2.17. The highest BCUT2D eigenvalue weighted by atomic mass is 16.5. The molecule has 0 aromatic heterocycles. The van der Waals surface area contributed by atoms with Gasteiger partial charge in [0.2, 0.25) is 0 Å². The molecule has 0 aliphatic carbocycles. The van der Waals surface area contributed by atoms with Crippen molar-refractivity contribution in [1.29, 1.82) is 0 Å². The molecule has 1 aliphatic heterocycles. The van der Waals surface area contributed by atoms with E-state index in [0.29, 0.717) is 49.6 Å². The molecule has 1 unspecified atom stereocenters. The number of hydrogen-bond acceptors (Lipinski definition) is 7. The van der Waals surface area contributed by atoms with Crippen molar-refractivity contribution in [3.05, 3.63) is 41.5 Å². The number of hydrogen-bond donors (Lipinski definition) is 3. The number of carboxylic acid groups (broad SMARTS) is 2. The predicted octanol–water partition coefficient (Wildman–Crippen LogP) is 2.75. The van der Waals surface area contributed by atoms with Crippen LogP contribution in [0, 0.1) is 0 Å². The van der Waals surface area contributed by atoms with E-state index in [2.05, 4.69) is 11.8 Å². The van der Waals surface area contributed by atoms with E-state index in [1.165, 1.54) is 12.8 Å². The average molecular weight is 466 g/mol. The second kappa shape index (κ2) is 16.0. The first-order chi connectivity index (χ1) is 15.8. The summed E-state index contributed by atoms with van der Waals surface area (Å²) in [7, 11) is 0. The van der Waals surface area contributed by atoms with Crippen LogP contribution in [-0.4, -0.2) is 76.9 Å². The number of aliphatic carboxylic acids is 2. The van der Waals surface area contributed by atoms with E-state index in [0.717, 1.165) is 25.1 Å². The topological polar surface area (TPSA) is 134 Å². The lowest BCUT2D eigenvalue weighted by Crippen LogP contribution is -2.33. The number of Topliss-reactive ketones (excluding diaryl/α,β-unsaturated/α-hetero) is 1. The molecule has 1 atom stereocenters. The number of rotatable bonds is 13. The molecule has 0 radical (unpaired) electrons. The minimum atomic E-state index is -1.26. The quantitative estimate of drug-likeness (QED) is 0.228. The number of likely N-dealkylation sites (tertiary alicyclic amines) is 1. The van der Waals surface area contributed by atoms with Gasteiger partial charge in [-0.15, -0.1) is 0 Å². The lowest BCUT2D eigenvalue weighted by Gasteiger charge is -2.20. The molecule has 1 heterocycles. The Hall–Kier alpha value is -2.75. The first-order valence-corrected chi connectivity index (χ1v) is 11.2. The fraction of sp³-hybridized carbons (Fsp3) is 0.542. The number of carboxylic acids is 2. The Kier molecular flexibility index (Phi) is 13.7. The van der Waals surface area contributed by atoms with Gasteiger partial charge in [0.25, 0.3) is 0 Å². The summed E-state index contributed by atoms with van der Waals surface area (Å²) in [6, 6.07) is 5.46. The van der Waals surface area contributed by atoms with Crippen molar-refractivity contribution >= 4 is 17.7 Å². The molecule has 184 valence electrons. The molecule has 1 aromatic carbocycles. The molecule has 2 rings (SSSR count). The van der Waals surface area contributed by atoms with E-state index in [9.17, 15) is 19.5 Å². The number of ketones is 1. The van der Waals surface area contributed by atoms with E-state index < -0.39 is 18.0 Å². The maximum Gasteiger partial charge on any atom is 0.328 e. The van der Waals surface area contributed by atoms with Gasteiger partial charge in [-0.05, 0) is 50.6 Å². The number of carbonyl (C=O) groups excluding carboxylic acids is 1. The third-order valence-corrected chi connectivity index (χ3v) is 4.78. The standard InChI is InChI=1S/C20H31NO4.C4H4O4/c1-3-11-24-14-17-12-16(19(23)4-2)7-8-20(17)25-15-18(22)13-21-9-5-6-10-21;5-3(6)1-2-4(7)8/h7-8,12,18,22H,3-6,9-11,13-15H2,1-2H3;1-2H,(H,5,6)(H,7,8). The first-order valence-electron chi connectivity index (χ1n) is 11.2. The minimum absolute atomic E-state index is 0.109. The summed E-state index contributed by atoms with van der Waals surface area (Å²) in [4.78, 5) is 33.3. The van der Waals surface area contributed by atoms with Crippen molar-refractivity contribution in [3.8, 4) is 5.75 Å². The largest absolute Gasteiger partial charge is 0.490 e. The van der Waals surface area contributed by atoms with E-state index in [1.54, 1.807) is 6.07 Å². The number of carbonyl (C=O) groups is 3. The normalized spacial score (nSPS) is 14.5. The molecule has 0 amide bonds. The number of β-amino-alcohol motifs (C(OH)–C–C–N with tert-alkyl or cyclic N) is 1. The number of ether oxygens (including phenoxy) is 2. The van der Waals surface area contributed by atoms with E-state index in [-0.39, 0.29) is 12.4 Å². The zero-order valence-electron chi connectivity index (χ0n) is 19.4. The van der Waals surface area contributed by atoms with Gasteiger partial charge < -0.3 is 29.7 Å². The van der Waals surface area contributed by atoms with E-state index in [1.807, 2.05) is 19.1 Å². The van der Waals surface area contributed by atoms with E-state index in [4.69, 9.17) is 19.7 Å². The summed E-state index contributed by atoms with van der Waals surface area (Å²) < 4.78 is 11.5. The summed E-state index contributed by atoms with van der Waals surface area (Å²) in [5.74, 6) is -1.72. The second-order valence-electron chi connectivity index (χ2n) is 7.63. The van der Waals surface area contributed by atoms with Gasteiger partial charge in [0.1, 0.15) is 18.5 Å². The number of benzene rings is 1. The summed E-state index contributed by atoms with van der Waals surface area (Å²) in [6.07, 6.45) is 4.44. The molecule has 33 heavy (non-hydrogen) atoms. The van der Waals surface area contributed by atoms with Crippen molar-refractivity contribution in [1.82, 2.24) is 4.90 Å². The molecule has 3 N–H and O–H groups in total. The number of aliphatic hydroxyl groups is 1. The SMILES string of the molecule is CCCOCc1cc(C(=O)CC)ccc1OCC(O)CN1CCCC1.O=C(O)C=CC(=O)O. The Labute approximate surface area is 194 Å². The molecule has 0 bridgehead atoms. The van der Waals surface area contributed by atoms with Crippen molar-refractivity contribution in [2.24, 2.45) is 0 Å². The Bertz CT molecular complexity index is 771. The molecule has 0 spiro atoms. The first kappa shape index (κ1) is 28.3. The van der Waals surface area contributed by atoms with Crippen LogP contribution in [0.15, 0.2) is 30.4 Å². The van der Waals surface area contributed by atoms with Gasteiger partial charge in [0, 0.05) is 42.9 Å². The lowest BCUT2D eigenvalue weighted by molar-refractivity contribution is -0.134. The average Bonchev–Trinajstić information content (AvgIpc) is 3.29. The van der Waals surface area contributed by atoms with Crippen LogP contribution >= 0.6 is 0 Å². The van der Waals surface area contributed by atoms with Crippen LogP contribution in [0.1, 0.15) is 55.5 Å². The highest BCUT2D eigenvalue weighted by Crippen LogP contribution is 2.23. The van der Waals surface area contributed by atoms with Crippen LogP contribution < -0.4 is 4.74 Å². The van der Waals surface area contributed by atoms with Crippen molar-refractivity contribution < 1.29 is 39.2 Å². The molecule has 0 saturated carbocycles. The maximum absolute atomic E-state index is 11.9. The highest BCUT2D eigenvalue weighted by molar-refractivity contribution is 5.96. The summed E-state index contributed by atoms with van der Waals surface area (Å²) in [5, 5.41) is 25.8. The number of nitrogens with zero attached hydrogens (tertiary/aromatic N) is 1. The van der Waals surface area contributed by atoms with Crippen molar-refractivity contribution in [3.63, 3.8) is 0 Å². The van der Waals surface area contributed by atoms with Gasteiger partial charge in [-0.25, -0.2) is 9.59 Å². The Morgan fingerprint density at radius 1 is 1.09 bits per heavy atom. The molecule has 1 saturated heterocycles. The third-order valence-electron chi connectivity index (χ3n) is 4.78. The predicted molar refractivity (Wildman–Crippen MR) is 123 cm³/mol. The monoisotopic (exact) mass is 465 g/mol. The Morgan fingerprint density at radius 3 is 2.27 bits per heavy atom. The van der Waals surface area contributed by atoms with Crippen LogP contribution in [0.4, 0.5) is 0 Å². The minimum Gasteiger partial charge on any atom is -0.490 e. The third kappa shape index (κ3) is 12.2. The molecule has 1 aromatic rings. The lowest BCUT2D eigenvalue weighted by atomic mass is 10.1. The molecule has 1 aliphatic rings. The van der Waals surface area contributed by atoms with Gasteiger partial charge in [0.15, 0.2) is 5.78 Å². The maximum atomic E-state index is 11.9. The summed E-state index contributed by atoms with van der Waals surface area (Å²) in [6.45, 7) is 8.01. The Morgan fingerprint density at radius 2 is 1.73 bits per heavy atom. The number of aliphatic hydroxyl groups excluding tert-OH is 1. The van der Waals surface area contributed by atoms with Gasteiger partial charge in [-0.3, -0.25) is 4.79 Å². The fourth-order valence-corrected chi connectivity index (χ4v) is 3.18. The van der Waals surface area contributed by atoms with Crippen LogP contribution in [0.25, 0.3) is 0 Å². The molecule has 9 nitrogen and oxygen atoms in total. The molecule has 1 fully saturated rings. The van der Waals surface area contributed by atoms with Crippen LogP contribution in [-0.2, 0) is 20.9 Å². The zero-order chi connectivity index (χ0) is 24.6. The molecular weight excluding hydrogens is 430 g/mol. The molecule has 9 heteroatoms. The second-order valence-corrected chi connectivity index (χ2v) is 7.63. The van der Waals surface area contributed by atoms with Gasteiger partial charge >= 0.3 is 11.9 Å². The Balaban J connectivity index is 0.000000582. The van der Waals surface area contributed by atoms with Gasteiger partial charge in [0.05, 0.1) is 6.61 Å². The van der Waals surface area contributed by atoms with Gasteiger partial charge in [-0.1, -0.05) is 13.8 Å². The van der Waals surface area contributed by atoms with Crippen molar-refractivity contribution in [2.75, 3.05) is 32.8 Å². The summed E-state index contributed by atoms with van der Waals surface area (Å²) in [5.41, 5.74) is 1.55. The molecular formula is C24H35NO8. The van der Waals surface area contributed by atoms with Crippen LogP contribution in [0.3, 0.4) is 0 Å². The fourth-order valence-electron chi connectivity index (χ4n) is 3.18. The van der Waals surface area contributed by atoms with Gasteiger partial charge in [-0.2, -0.15) is 0 Å². The van der Waals surface area contributed by atoms with Crippen molar-refractivity contribution in [2.45, 2.75) is 52.2 Å². The summed E-state index contributed by atoms with van der Waals surface area (Å²) >= 11 is 0. The smallest absolute Gasteiger partial charge is 0.328 e. The van der Waals surface area contributed by atoms with E-state index >= 15 is 0 Å².